The van der Waals surface area contributed by atoms with Gasteiger partial charge in [0.05, 0.1) is 11.6 Å². The van der Waals surface area contributed by atoms with Gasteiger partial charge in [0.2, 0.25) is 5.91 Å². The van der Waals surface area contributed by atoms with Gasteiger partial charge in [-0.05, 0) is 18.2 Å². The molecule has 3 rings (SSSR count). The van der Waals surface area contributed by atoms with Gasteiger partial charge in [0.15, 0.2) is 0 Å². The maximum atomic E-state index is 12.4. The van der Waals surface area contributed by atoms with Gasteiger partial charge >= 0.3 is 0 Å². The third-order valence-corrected chi connectivity index (χ3v) is 4.18. The minimum atomic E-state index is -0.369. The Morgan fingerprint density at radius 3 is 2.62 bits per heavy atom. The quantitative estimate of drug-likeness (QED) is 0.894. The summed E-state index contributed by atoms with van der Waals surface area (Å²) in [6, 6.07) is 10.3. The SMILES string of the molecule is CC(=O)N1CCN(c2cc(C(=O)Nc3cccc(C#N)c3)ncn2)CC1. The van der Waals surface area contributed by atoms with Crippen LogP contribution in [0.25, 0.3) is 0 Å². The van der Waals surface area contributed by atoms with E-state index in [1.807, 2.05) is 11.0 Å². The van der Waals surface area contributed by atoms with Gasteiger partial charge in [0.1, 0.15) is 17.8 Å². The van der Waals surface area contributed by atoms with E-state index in [1.165, 1.54) is 6.33 Å². The Labute approximate surface area is 151 Å². The Balaban J connectivity index is 1.70. The summed E-state index contributed by atoms with van der Waals surface area (Å²) in [5.74, 6) is 0.345. The minimum absolute atomic E-state index is 0.0620. The van der Waals surface area contributed by atoms with Gasteiger partial charge in [0, 0.05) is 44.9 Å². The number of hydrogen-bond acceptors (Lipinski definition) is 6. The third kappa shape index (κ3) is 3.95. The highest BCUT2D eigenvalue weighted by atomic mass is 16.2. The van der Waals surface area contributed by atoms with Crippen LogP contribution in [0.4, 0.5) is 11.5 Å². The minimum Gasteiger partial charge on any atom is -0.353 e. The fourth-order valence-electron chi connectivity index (χ4n) is 2.76. The second-order valence-corrected chi connectivity index (χ2v) is 5.90. The van der Waals surface area contributed by atoms with Crippen molar-refractivity contribution in [2.45, 2.75) is 6.92 Å². The Bertz CT molecular complexity index is 868. The van der Waals surface area contributed by atoms with Crippen molar-refractivity contribution in [2.75, 3.05) is 36.4 Å². The van der Waals surface area contributed by atoms with Crippen molar-refractivity contribution >= 4 is 23.3 Å². The summed E-state index contributed by atoms with van der Waals surface area (Å²) in [7, 11) is 0. The van der Waals surface area contributed by atoms with Crippen molar-refractivity contribution in [1.29, 1.82) is 5.26 Å². The Hall–Kier alpha value is -3.47. The van der Waals surface area contributed by atoms with E-state index < -0.39 is 0 Å². The smallest absolute Gasteiger partial charge is 0.274 e. The largest absolute Gasteiger partial charge is 0.353 e. The van der Waals surface area contributed by atoms with E-state index in [-0.39, 0.29) is 17.5 Å². The molecule has 1 saturated heterocycles. The van der Waals surface area contributed by atoms with E-state index in [4.69, 9.17) is 5.26 Å². The highest BCUT2D eigenvalue weighted by Gasteiger charge is 2.20. The molecule has 0 unspecified atom stereocenters. The molecule has 1 aromatic carbocycles. The molecule has 2 heterocycles. The summed E-state index contributed by atoms with van der Waals surface area (Å²) in [5.41, 5.74) is 1.24. The van der Waals surface area contributed by atoms with Gasteiger partial charge in [-0.25, -0.2) is 9.97 Å². The average Bonchev–Trinajstić information content (AvgIpc) is 2.68. The van der Waals surface area contributed by atoms with E-state index in [0.717, 1.165) is 0 Å². The van der Waals surface area contributed by atoms with Gasteiger partial charge in [-0.1, -0.05) is 6.07 Å². The molecule has 26 heavy (non-hydrogen) atoms. The van der Waals surface area contributed by atoms with Crippen LogP contribution in [-0.4, -0.2) is 52.9 Å². The first-order valence-electron chi connectivity index (χ1n) is 8.21. The van der Waals surface area contributed by atoms with Gasteiger partial charge < -0.3 is 15.1 Å². The molecule has 8 nitrogen and oxygen atoms in total. The molecule has 0 bridgehead atoms. The molecule has 132 valence electrons. The van der Waals surface area contributed by atoms with Crippen molar-refractivity contribution in [3.63, 3.8) is 0 Å². The number of hydrogen-bond donors (Lipinski definition) is 1. The summed E-state index contributed by atoms with van der Waals surface area (Å²) in [4.78, 5) is 35.9. The Kier molecular flexibility index (Phi) is 5.08. The van der Waals surface area contributed by atoms with Crippen LogP contribution in [0.15, 0.2) is 36.7 Å². The predicted molar refractivity (Wildman–Crippen MR) is 95.6 cm³/mol. The standard InChI is InChI=1S/C18H18N6O2/c1-13(25)23-5-7-24(8-6-23)17-10-16(20-12-21-17)18(26)22-15-4-2-3-14(9-15)11-19/h2-4,9-10,12H,5-8H2,1H3,(H,22,26). The molecular weight excluding hydrogens is 332 g/mol. The number of piperazine rings is 1. The summed E-state index contributed by atoms with van der Waals surface area (Å²) in [5, 5.41) is 11.7. The molecule has 8 heteroatoms. The lowest BCUT2D eigenvalue weighted by Crippen LogP contribution is -2.48. The Morgan fingerprint density at radius 2 is 1.92 bits per heavy atom. The highest BCUT2D eigenvalue weighted by molar-refractivity contribution is 6.03. The van der Waals surface area contributed by atoms with Crippen LogP contribution in [-0.2, 0) is 4.79 Å². The average molecular weight is 350 g/mol. The number of anilines is 2. The topological polar surface area (TPSA) is 102 Å². The van der Waals surface area contributed by atoms with Crippen LogP contribution in [0, 0.1) is 11.3 Å². The van der Waals surface area contributed by atoms with Crippen molar-refractivity contribution in [2.24, 2.45) is 0 Å². The third-order valence-electron chi connectivity index (χ3n) is 4.18. The number of carbonyl (C=O) groups excluding carboxylic acids is 2. The lowest BCUT2D eigenvalue weighted by atomic mass is 10.2. The van der Waals surface area contributed by atoms with Crippen LogP contribution in [0.3, 0.4) is 0 Å². The maximum Gasteiger partial charge on any atom is 0.274 e. The summed E-state index contributed by atoms with van der Waals surface area (Å²) >= 11 is 0. The number of rotatable bonds is 3. The first-order chi connectivity index (χ1) is 12.6. The van der Waals surface area contributed by atoms with Crippen LogP contribution in [0.1, 0.15) is 23.0 Å². The number of nitriles is 1. The van der Waals surface area contributed by atoms with Crippen molar-refractivity contribution in [1.82, 2.24) is 14.9 Å². The van der Waals surface area contributed by atoms with Gasteiger partial charge in [0.25, 0.3) is 5.91 Å². The number of aromatic nitrogens is 2. The van der Waals surface area contributed by atoms with Crippen molar-refractivity contribution in [3.05, 3.63) is 47.9 Å². The normalized spacial score (nSPS) is 13.8. The van der Waals surface area contributed by atoms with Crippen LogP contribution in [0.5, 0.6) is 0 Å². The van der Waals surface area contributed by atoms with Gasteiger partial charge in [-0.15, -0.1) is 0 Å². The summed E-state index contributed by atoms with van der Waals surface area (Å²) < 4.78 is 0. The summed E-state index contributed by atoms with van der Waals surface area (Å²) in [6.45, 7) is 4.12. The molecule has 1 N–H and O–H groups in total. The fraction of sp³-hybridized carbons (Fsp3) is 0.278. The molecule has 0 aliphatic carbocycles. The molecule has 1 aliphatic rings. The van der Waals surface area contributed by atoms with Crippen LogP contribution in [0.2, 0.25) is 0 Å². The second-order valence-electron chi connectivity index (χ2n) is 5.90. The Morgan fingerprint density at radius 1 is 1.15 bits per heavy atom. The zero-order chi connectivity index (χ0) is 18.5. The number of amides is 2. The maximum absolute atomic E-state index is 12.4. The van der Waals surface area contributed by atoms with E-state index >= 15 is 0 Å². The molecule has 1 aliphatic heterocycles. The molecule has 1 fully saturated rings. The number of carbonyl (C=O) groups is 2. The second kappa shape index (κ2) is 7.61. The molecule has 2 aromatic rings. The first-order valence-corrected chi connectivity index (χ1v) is 8.21. The van der Waals surface area contributed by atoms with Gasteiger partial charge in [-0.2, -0.15) is 5.26 Å². The lowest BCUT2D eigenvalue weighted by Gasteiger charge is -2.34. The monoisotopic (exact) mass is 350 g/mol. The number of benzene rings is 1. The van der Waals surface area contributed by atoms with Gasteiger partial charge in [-0.3, -0.25) is 9.59 Å². The number of nitrogens with one attached hydrogen (secondary N) is 1. The summed E-state index contributed by atoms with van der Waals surface area (Å²) in [6.07, 6.45) is 1.35. The molecule has 2 amide bonds. The zero-order valence-corrected chi connectivity index (χ0v) is 14.3. The molecule has 0 spiro atoms. The zero-order valence-electron chi connectivity index (χ0n) is 14.3. The molecule has 0 radical (unpaired) electrons. The van der Waals surface area contributed by atoms with Crippen LogP contribution < -0.4 is 10.2 Å². The van der Waals surface area contributed by atoms with Crippen molar-refractivity contribution in [3.8, 4) is 6.07 Å². The molecule has 1 aromatic heterocycles. The predicted octanol–water partition coefficient (Wildman–Crippen LogP) is 1.27. The van der Waals surface area contributed by atoms with E-state index in [2.05, 4.69) is 15.3 Å². The molecule has 0 saturated carbocycles. The fourth-order valence-corrected chi connectivity index (χ4v) is 2.76. The lowest BCUT2D eigenvalue weighted by molar-refractivity contribution is -0.129. The van der Waals surface area contributed by atoms with E-state index in [1.54, 1.807) is 42.2 Å². The highest BCUT2D eigenvalue weighted by Crippen LogP contribution is 2.16. The van der Waals surface area contributed by atoms with E-state index in [9.17, 15) is 9.59 Å². The molecular formula is C18H18N6O2. The molecule has 0 atom stereocenters. The number of nitrogens with zero attached hydrogens (tertiary/aromatic N) is 5. The first kappa shape index (κ1) is 17.4. The van der Waals surface area contributed by atoms with E-state index in [0.29, 0.717) is 43.2 Å². The van der Waals surface area contributed by atoms with Crippen molar-refractivity contribution < 1.29 is 9.59 Å². The van der Waals surface area contributed by atoms with Crippen LogP contribution >= 0.6 is 0 Å².